The predicted molar refractivity (Wildman–Crippen MR) is 66.8 cm³/mol. The fraction of sp³-hybridized carbons (Fsp3) is 0.500. The van der Waals surface area contributed by atoms with Crippen LogP contribution in [0.15, 0.2) is 18.2 Å². The average Bonchev–Trinajstić information content (AvgIpc) is 2.37. The number of piperidine rings is 1. The monoisotopic (exact) mass is 268 g/mol. The van der Waals surface area contributed by atoms with Crippen LogP contribution in [0.5, 0.6) is 0 Å². The minimum Gasteiger partial charge on any atom is -0.367 e. The van der Waals surface area contributed by atoms with Crippen molar-refractivity contribution in [3.05, 3.63) is 29.3 Å². The quantitative estimate of drug-likeness (QED) is 0.771. The first-order valence-electron chi connectivity index (χ1n) is 6.32. The van der Waals surface area contributed by atoms with Crippen molar-refractivity contribution in [3.8, 4) is 6.07 Å². The van der Waals surface area contributed by atoms with Gasteiger partial charge in [0.2, 0.25) is 0 Å². The van der Waals surface area contributed by atoms with Crippen molar-refractivity contribution in [1.29, 1.82) is 5.26 Å². The number of rotatable bonds is 1. The summed E-state index contributed by atoms with van der Waals surface area (Å²) in [6, 6.07) is 5.71. The average molecular weight is 268 g/mol. The van der Waals surface area contributed by atoms with Crippen molar-refractivity contribution < 1.29 is 13.2 Å². The molecule has 1 aliphatic rings. The van der Waals surface area contributed by atoms with E-state index in [1.165, 1.54) is 12.1 Å². The zero-order valence-electron chi connectivity index (χ0n) is 10.7. The van der Waals surface area contributed by atoms with Crippen LogP contribution in [0.3, 0.4) is 0 Å². The van der Waals surface area contributed by atoms with Gasteiger partial charge in [0.25, 0.3) is 0 Å². The number of para-hydroxylation sites is 1. The zero-order valence-corrected chi connectivity index (χ0v) is 10.7. The highest BCUT2D eigenvalue weighted by Gasteiger charge is 2.37. The second kappa shape index (κ2) is 5.12. The molecule has 1 atom stereocenters. The molecule has 1 fully saturated rings. The standard InChI is InChI=1S/C14H15F3N2/c1-10-5-2-3-8-19(10)13-11(9-18)6-4-7-12(13)14(15,16)17/h4,6-7,10H,2-3,5,8H2,1H3. The Labute approximate surface area is 110 Å². The third-order valence-corrected chi connectivity index (χ3v) is 3.55. The lowest BCUT2D eigenvalue weighted by molar-refractivity contribution is -0.137. The van der Waals surface area contributed by atoms with Crippen LogP contribution in [0.1, 0.15) is 37.3 Å². The van der Waals surface area contributed by atoms with Gasteiger partial charge in [0, 0.05) is 12.6 Å². The first-order chi connectivity index (χ1) is 8.95. The lowest BCUT2D eigenvalue weighted by Gasteiger charge is -2.37. The molecule has 0 amide bonds. The molecule has 1 aromatic carbocycles. The molecule has 2 nitrogen and oxygen atoms in total. The molecule has 0 N–H and O–H groups in total. The third-order valence-electron chi connectivity index (χ3n) is 3.55. The Morgan fingerprint density at radius 3 is 2.63 bits per heavy atom. The molecule has 1 aromatic rings. The molecule has 0 spiro atoms. The molecule has 0 radical (unpaired) electrons. The van der Waals surface area contributed by atoms with E-state index in [0.717, 1.165) is 25.3 Å². The number of nitrogens with zero attached hydrogens (tertiary/aromatic N) is 2. The topological polar surface area (TPSA) is 27.0 Å². The molecule has 5 heteroatoms. The normalized spacial score (nSPS) is 20.2. The molecule has 1 aliphatic heterocycles. The van der Waals surface area contributed by atoms with Gasteiger partial charge in [-0.05, 0) is 38.3 Å². The predicted octanol–water partition coefficient (Wildman–Crippen LogP) is 3.96. The summed E-state index contributed by atoms with van der Waals surface area (Å²) in [5.41, 5.74) is -0.562. The van der Waals surface area contributed by atoms with Crippen molar-refractivity contribution in [2.45, 2.75) is 38.4 Å². The van der Waals surface area contributed by atoms with E-state index in [0.29, 0.717) is 6.54 Å². The van der Waals surface area contributed by atoms with Gasteiger partial charge in [-0.2, -0.15) is 18.4 Å². The number of hydrogen-bond donors (Lipinski definition) is 0. The first kappa shape index (κ1) is 13.7. The van der Waals surface area contributed by atoms with Gasteiger partial charge in [-0.15, -0.1) is 0 Å². The van der Waals surface area contributed by atoms with Crippen LogP contribution in [0.4, 0.5) is 18.9 Å². The van der Waals surface area contributed by atoms with Crippen molar-refractivity contribution in [1.82, 2.24) is 0 Å². The molecule has 102 valence electrons. The summed E-state index contributed by atoms with van der Waals surface area (Å²) < 4.78 is 39.3. The van der Waals surface area contributed by atoms with E-state index >= 15 is 0 Å². The van der Waals surface area contributed by atoms with Crippen molar-refractivity contribution in [2.24, 2.45) is 0 Å². The molecule has 0 saturated carbocycles. The van der Waals surface area contributed by atoms with Gasteiger partial charge in [0.1, 0.15) is 6.07 Å². The van der Waals surface area contributed by atoms with Crippen LogP contribution < -0.4 is 4.90 Å². The van der Waals surface area contributed by atoms with E-state index in [2.05, 4.69) is 0 Å². The molecular weight excluding hydrogens is 253 g/mol. The van der Waals surface area contributed by atoms with Gasteiger partial charge in [0.15, 0.2) is 0 Å². The summed E-state index contributed by atoms with van der Waals surface area (Å²) >= 11 is 0. The third kappa shape index (κ3) is 2.67. The van der Waals surface area contributed by atoms with E-state index < -0.39 is 11.7 Å². The minimum absolute atomic E-state index is 0.0318. The zero-order chi connectivity index (χ0) is 14.0. The maximum Gasteiger partial charge on any atom is 0.418 e. The number of benzene rings is 1. The van der Waals surface area contributed by atoms with Crippen LogP contribution in [0, 0.1) is 11.3 Å². The van der Waals surface area contributed by atoms with Gasteiger partial charge in [-0.25, -0.2) is 0 Å². The Balaban J connectivity index is 2.56. The Bertz CT molecular complexity index is 502. The SMILES string of the molecule is CC1CCCCN1c1c(C#N)cccc1C(F)(F)F. The largest absolute Gasteiger partial charge is 0.418 e. The van der Waals surface area contributed by atoms with E-state index in [1.54, 1.807) is 4.90 Å². The van der Waals surface area contributed by atoms with Gasteiger partial charge >= 0.3 is 6.18 Å². The summed E-state index contributed by atoms with van der Waals surface area (Å²) in [6.45, 7) is 2.48. The molecule has 1 saturated heterocycles. The first-order valence-corrected chi connectivity index (χ1v) is 6.32. The maximum atomic E-state index is 13.1. The van der Waals surface area contributed by atoms with Gasteiger partial charge in [-0.1, -0.05) is 6.07 Å². The molecule has 0 aliphatic carbocycles. The highest BCUT2D eigenvalue weighted by atomic mass is 19.4. The van der Waals surface area contributed by atoms with Crippen LogP contribution in [0.25, 0.3) is 0 Å². The van der Waals surface area contributed by atoms with Crippen LogP contribution in [0.2, 0.25) is 0 Å². The Kier molecular flexibility index (Phi) is 3.70. The second-order valence-corrected chi connectivity index (χ2v) is 4.85. The Hall–Kier alpha value is -1.70. The van der Waals surface area contributed by atoms with Crippen LogP contribution in [-0.4, -0.2) is 12.6 Å². The Morgan fingerprint density at radius 1 is 1.32 bits per heavy atom. The number of hydrogen-bond acceptors (Lipinski definition) is 2. The van der Waals surface area contributed by atoms with Crippen molar-refractivity contribution >= 4 is 5.69 Å². The minimum atomic E-state index is -4.43. The molecule has 1 heterocycles. The fourth-order valence-corrected chi connectivity index (χ4v) is 2.60. The summed E-state index contributed by atoms with van der Waals surface area (Å²) in [7, 11) is 0. The summed E-state index contributed by atoms with van der Waals surface area (Å²) in [6.07, 6.45) is -1.69. The van der Waals surface area contributed by atoms with Crippen LogP contribution in [-0.2, 0) is 6.18 Å². The van der Waals surface area contributed by atoms with Crippen molar-refractivity contribution in [3.63, 3.8) is 0 Å². The Morgan fingerprint density at radius 2 is 2.05 bits per heavy atom. The second-order valence-electron chi connectivity index (χ2n) is 4.85. The van der Waals surface area contributed by atoms with Gasteiger partial charge in [-0.3, -0.25) is 0 Å². The lowest BCUT2D eigenvalue weighted by Crippen LogP contribution is -2.39. The lowest BCUT2D eigenvalue weighted by atomic mass is 9.98. The molecule has 1 unspecified atom stereocenters. The summed E-state index contributed by atoms with van der Waals surface area (Å²) in [4.78, 5) is 1.73. The van der Waals surface area contributed by atoms with E-state index in [4.69, 9.17) is 5.26 Å². The number of anilines is 1. The van der Waals surface area contributed by atoms with Crippen molar-refractivity contribution in [2.75, 3.05) is 11.4 Å². The van der Waals surface area contributed by atoms with E-state index in [-0.39, 0.29) is 17.3 Å². The molecule has 2 rings (SSSR count). The highest BCUT2D eigenvalue weighted by Crippen LogP contribution is 2.40. The summed E-state index contributed by atoms with van der Waals surface area (Å²) in [5, 5.41) is 9.08. The molecule has 19 heavy (non-hydrogen) atoms. The van der Waals surface area contributed by atoms with Gasteiger partial charge in [0.05, 0.1) is 16.8 Å². The fourth-order valence-electron chi connectivity index (χ4n) is 2.60. The van der Waals surface area contributed by atoms with Gasteiger partial charge < -0.3 is 4.90 Å². The number of alkyl halides is 3. The number of nitriles is 1. The summed E-state index contributed by atoms with van der Waals surface area (Å²) in [5.74, 6) is 0. The number of halogens is 3. The molecular formula is C14H15F3N2. The maximum absolute atomic E-state index is 13.1. The van der Waals surface area contributed by atoms with Crippen LogP contribution >= 0.6 is 0 Å². The van der Waals surface area contributed by atoms with E-state index in [1.807, 2.05) is 13.0 Å². The highest BCUT2D eigenvalue weighted by molar-refractivity contribution is 5.66. The smallest absolute Gasteiger partial charge is 0.367 e. The molecule has 0 bridgehead atoms. The van der Waals surface area contributed by atoms with E-state index in [9.17, 15) is 13.2 Å². The molecule has 0 aromatic heterocycles.